The van der Waals surface area contributed by atoms with E-state index in [4.69, 9.17) is 0 Å². The average Bonchev–Trinajstić information content (AvgIpc) is 2.19. The Kier molecular flexibility index (Phi) is 3.61. The fourth-order valence-electron chi connectivity index (χ4n) is 1.54. The number of anilines is 1. The Morgan fingerprint density at radius 2 is 2.11 bits per heavy atom. The summed E-state index contributed by atoms with van der Waals surface area (Å²) in [5, 5.41) is 5.01. The smallest absolute Gasteiger partial charge is 0.403 e. The van der Waals surface area contributed by atoms with E-state index in [1.165, 1.54) is 0 Å². The van der Waals surface area contributed by atoms with Crippen LogP contribution in [-0.2, 0) is 4.79 Å². The first kappa shape index (κ1) is 13.6. The lowest BCUT2D eigenvalue weighted by atomic mass is 10.1. The number of nitrogens with one attached hydrogen (secondary N) is 2. The normalized spacial score (nSPS) is 18.6. The number of amides is 1. The zero-order chi connectivity index (χ0) is 14.0. The van der Waals surface area contributed by atoms with Crippen LogP contribution in [0.4, 0.5) is 23.2 Å². The Labute approximate surface area is 105 Å². The van der Waals surface area contributed by atoms with E-state index < -0.39 is 29.9 Å². The second kappa shape index (κ2) is 5.04. The summed E-state index contributed by atoms with van der Waals surface area (Å²) in [6, 6.07) is 2.72. The second-order valence-corrected chi connectivity index (χ2v) is 3.95. The minimum Gasteiger partial charge on any atom is -0.403 e. The molecular weight excluding hydrogens is 268 g/mol. The van der Waals surface area contributed by atoms with Crippen molar-refractivity contribution in [2.75, 3.05) is 11.9 Å². The van der Waals surface area contributed by atoms with Gasteiger partial charge in [0.25, 0.3) is 0 Å². The van der Waals surface area contributed by atoms with E-state index in [-0.39, 0.29) is 5.69 Å². The molecule has 0 spiro atoms. The van der Waals surface area contributed by atoms with Crippen LogP contribution in [0.15, 0.2) is 18.2 Å². The largest absolute Gasteiger partial charge is 0.573 e. The van der Waals surface area contributed by atoms with E-state index in [0.29, 0.717) is 13.0 Å². The van der Waals surface area contributed by atoms with Gasteiger partial charge in [0.05, 0.1) is 11.7 Å². The van der Waals surface area contributed by atoms with E-state index in [0.717, 1.165) is 18.2 Å². The second-order valence-electron chi connectivity index (χ2n) is 3.95. The summed E-state index contributed by atoms with van der Waals surface area (Å²) < 4.78 is 53.3. The Morgan fingerprint density at radius 1 is 1.42 bits per heavy atom. The Morgan fingerprint density at radius 3 is 2.63 bits per heavy atom. The van der Waals surface area contributed by atoms with Gasteiger partial charge in [-0.3, -0.25) is 4.79 Å². The van der Waals surface area contributed by atoms with Gasteiger partial charge < -0.3 is 15.4 Å². The molecule has 0 aromatic heterocycles. The summed E-state index contributed by atoms with van der Waals surface area (Å²) in [6.07, 6.45) is -4.38. The van der Waals surface area contributed by atoms with Gasteiger partial charge in [0.2, 0.25) is 5.91 Å². The van der Waals surface area contributed by atoms with Crippen LogP contribution < -0.4 is 15.4 Å². The maximum absolute atomic E-state index is 13.7. The SMILES string of the molecule is O=C(Nc1cccc(OC(F)(F)F)c1F)[C@@H]1CCN1. The van der Waals surface area contributed by atoms with Gasteiger partial charge in [-0.05, 0) is 25.1 Å². The molecule has 1 aromatic carbocycles. The molecule has 2 N–H and O–H groups in total. The summed E-state index contributed by atoms with van der Waals surface area (Å²) in [5.74, 6) is -2.73. The molecule has 1 atom stereocenters. The maximum Gasteiger partial charge on any atom is 0.573 e. The minimum absolute atomic E-state index is 0.347. The predicted octanol–water partition coefficient (Wildman–Crippen LogP) is 2.02. The monoisotopic (exact) mass is 278 g/mol. The van der Waals surface area contributed by atoms with Crippen molar-refractivity contribution in [1.29, 1.82) is 0 Å². The molecule has 1 aliphatic rings. The van der Waals surface area contributed by atoms with Crippen LogP contribution in [-0.4, -0.2) is 24.9 Å². The number of halogens is 4. The van der Waals surface area contributed by atoms with Crippen molar-refractivity contribution in [1.82, 2.24) is 5.32 Å². The van der Waals surface area contributed by atoms with Crippen molar-refractivity contribution in [3.63, 3.8) is 0 Å². The lowest BCUT2D eigenvalue weighted by molar-refractivity contribution is -0.275. The van der Waals surface area contributed by atoms with Crippen LogP contribution >= 0.6 is 0 Å². The van der Waals surface area contributed by atoms with Gasteiger partial charge in [-0.1, -0.05) is 6.07 Å². The van der Waals surface area contributed by atoms with Crippen molar-refractivity contribution >= 4 is 11.6 Å². The van der Waals surface area contributed by atoms with Gasteiger partial charge >= 0.3 is 6.36 Å². The molecule has 8 heteroatoms. The summed E-state index contributed by atoms with van der Waals surface area (Å²) >= 11 is 0. The standard InChI is InChI=1S/C11H10F4N2O2/c12-9-6(17-10(18)7-4-5-16-7)2-1-3-8(9)19-11(13,14)15/h1-3,7,16H,4-5H2,(H,17,18)/t7-/m0/s1. The molecule has 1 amide bonds. The van der Waals surface area contributed by atoms with Crippen LogP contribution in [0.5, 0.6) is 5.75 Å². The van der Waals surface area contributed by atoms with Gasteiger partial charge in [0.1, 0.15) is 0 Å². The predicted molar refractivity (Wildman–Crippen MR) is 58.1 cm³/mol. The molecule has 1 aromatic rings. The number of hydrogen-bond donors (Lipinski definition) is 2. The van der Waals surface area contributed by atoms with Crippen molar-refractivity contribution < 1.29 is 27.1 Å². The minimum atomic E-state index is -4.99. The third-order valence-electron chi connectivity index (χ3n) is 2.59. The van der Waals surface area contributed by atoms with Crippen LogP contribution in [0, 0.1) is 5.82 Å². The number of benzene rings is 1. The third-order valence-corrected chi connectivity index (χ3v) is 2.59. The van der Waals surface area contributed by atoms with Crippen LogP contribution in [0.25, 0.3) is 0 Å². The fraction of sp³-hybridized carbons (Fsp3) is 0.364. The number of carbonyl (C=O) groups excluding carboxylic acids is 1. The van der Waals surface area contributed by atoms with E-state index in [2.05, 4.69) is 15.4 Å². The summed E-state index contributed by atoms with van der Waals surface area (Å²) in [5.41, 5.74) is -0.347. The van der Waals surface area contributed by atoms with Crippen molar-refractivity contribution in [2.24, 2.45) is 0 Å². The van der Waals surface area contributed by atoms with Crippen molar-refractivity contribution in [2.45, 2.75) is 18.8 Å². The topological polar surface area (TPSA) is 50.4 Å². The highest BCUT2D eigenvalue weighted by Crippen LogP contribution is 2.29. The Balaban J connectivity index is 2.12. The zero-order valence-electron chi connectivity index (χ0n) is 9.55. The molecule has 0 bridgehead atoms. The highest BCUT2D eigenvalue weighted by Gasteiger charge is 2.33. The quantitative estimate of drug-likeness (QED) is 0.832. The maximum atomic E-state index is 13.7. The Hall–Kier alpha value is -1.83. The molecule has 1 fully saturated rings. The highest BCUT2D eigenvalue weighted by molar-refractivity contribution is 5.95. The van der Waals surface area contributed by atoms with E-state index in [9.17, 15) is 22.4 Å². The van der Waals surface area contributed by atoms with Gasteiger partial charge in [0, 0.05) is 0 Å². The van der Waals surface area contributed by atoms with Crippen molar-refractivity contribution in [3.8, 4) is 5.75 Å². The summed E-state index contributed by atoms with van der Waals surface area (Å²) in [6.45, 7) is 0.678. The molecule has 1 heterocycles. The van der Waals surface area contributed by atoms with Gasteiger partial charge in [0.15, 0.2) is 11.6 Å². The molecule has 0 saturated carbocycles. The van der Waals surface area contributed by atoms with Crippen LogP contribution in [0.1, 0.15) is 6.42 Å². The number of hydrogen-bond acceptors (Lipinski definition) is 3. The molecule has 104 valence electrons. The van der Waals surface area contributed by atoms with E-state index in [1.54, 1.807) is 0 Å². The van der Waals surface area contributed by atoms with Crippen LogP contribution in [0.2, 0.25) is 0 Å². The van der Waals surface area contributed by atoms with Crippen molar-refractivity contribution in [3.05, 3.63) is 24.0 Å². The molecule has 0 unspecified atom stereocenters. The Bertz CT molecular complexity index is 486. The molecule has 1 saturated heterocycles. The first-order chi connectivity index (χ1) is 8.87. The molecule has 0 radical (unpaired) electrons. The molecule has 0 aliphatic carbocycles. The van der Waals surface area contributed by atoms with Crippen LogP contribution in [0.3, 0.4) is 0 Å². The number of ether oxygens (including phenoxy) is 1. The molecule has 2 rings (SSSR count). The molecular formula is C11H10F4N2O2. The van der Waals surface area contributed by atoms with E-state index in [1.807, 2.05) is 0 Å². The summed E-state index contributed by atoms with van der Waals surface area (Å²) in [4.78, 5) is 11.5. The summed E-state index contributed by atoms with van der Waals surface area (Å²) in [7, 11) is 0. The zero-order valence-corrected chi connectivity index (χ0v) is 9.55. The lowest BCUT2D eigenvalue weighted by Crippen LogP contribution is -2.50. The number of alkyl halides is 3. The van der Waals surface area contributed by atoms with E-state index >= 15 is 0 Å². The first-order valence-electron chi connectivity index (χ1n) is 5.45. The highest BCUT2D eigenvalue weighted by atomic mass is 19.4. The molecule has 4 nitrogen and oxygen atoms in total. The van der Waals surface area contributed by atoms with Gasteiger partial charge in [-0.25, -0.2) is 4.39 Å². The first-order valence-corrected chi connectivity index (χ1v) is 5.45. The fourth-order valence-corrected chi connectivity index (χ4v) is 1.54. The van der Waals surface area contributed by atoms with Gasteiger partial charge in [-0.2, -0.15) is 0 Å². The molecule has 19 heavy (non-hydrogen) atoms. The number of carbonyl (C=O) groups is 1. The lowest BCUT2D eigenvalue weighted by Gasteiger charge is -2.26. The molecule has 1 aliphatic heterocycles. The third kappa shape index (κ3) is 3.34. The average molecular weight is 278 g/mol. The number of rotatable bonds is 3. The van der Waals surface area contributed by atoms with Gasteiger partial charge in [-0.15, -0.1) is 13.2 Å².